The highest BCUT2D eigenvalue weighted by Crippen LogP contribution is 2.39. The maximum Gasteiger partial charge on any atom is 0.255 e. The summed E-state index contributed by atoms with van der Waals surface area (Å²) in [6.07, 6.45) is 1.05. The largest absolute Gasteiger partial charge is 0.507 e. The smallest absolute Gasteiger partial charge is 0.255 e. The first-order valence-electron chi connectivity index (χ1n) is 8.50. The van der Waals surface area contributed by atoms with Gasteiger partial charge in [0.2, 0.25) is 10.0 Å². The summed E-state index contributed by atoms with van der Waals surface area (Å²) in [5.41, 5.74) is 2.10. The van der Waals surface area contributed by atoms with Crippen molar-refractivity contribution in [1.82, 2.24) is 0 Å². The molecule has 0 unspecified atom stereocenters. The first-order chi connectivity index (χ1) is 13.3. The van der Waals surface area contributed by atoms with E-state index in [1.807, 2.05) is 30.3 Å². The van der Waals surface area contributed by atoms with E-state index in [0.29, 0.717) is 11.1 Å². The quantitative estimate of drug-likeness (QED) is 0.644. The first-order valence-corrected chi connectivity index (χ1v) is 10.3. The highest BCUT2D eigenvalue weighted by molar-refractivity contribution is 7.92. The highest BCUT2D eigenvalue weighted by Gasteiger charge is 2.21. The number of nitrogens with one attached hydrogen (secondary N) is 1. The summed E-state index contributed by atoms with van der Waals surface area (Å²) in [6.45, 7) is 0. The standard InChI is InChI=1S/C21H20N2O4S/c1-23(28(2,26)27)19-14-20(24)17(15-9-5-3-6-10-15)13-18(19)22-21(25)16-11-7-4-8-12-16/h3-14,24H,1-2H3,(H,22,25). The maximum atomic E-state index is 12.6. The molecule has 0 fully saturated rings. The van der Waals surface area contributed by atoms with E-state index in [4.69, 9.17) is 0 Å². The molecule has 0 bridgehead atoms. The van der Waals surface area contributed by atoms with Crippen LogP contribution in [0.5, 0.6) is 5.75 Å². The van der Waals surface area contributed by atoms with Gasteiger partial charge in [-0.3, -0.25) is 9.10 Å². The zero-order valence-electron chi connectivity index (χ0n) is 15.5. The number of anilines is 2. The van der Waals surface area contributed by atoms with E-state index in [1.165, 1.54) is 13.1 Å². The van der Waals surface area contributed by atoms with Gasteiger partial charge in [0.05, 0.1) is 17.6 Å². The Balaban J connectivity index is 2.12. The van der Waals surface area contributed by atoms with Crippen LogP contribution in [0, 0.1) is 0 Å². The number of phenolic OH excluding ortho intramolecular Hbond substituents is 1. The number of nitrogens with zero attached hydrogens (tertiary/aromatic N) is 1. The van der Waals surface area contributed by atoms with Crippen LogP contribution >= 0.6 is 0 Å². The number of sulfonamides is 1. The van der Waals surface area contributed by atoms with Crippen molar-refractivity contribution in [3.8, 4) is 16.9 Å². The van der Waals surface area contributed by atoms with Crippen LogP contribution in [0.15, 0.2) is 72.8 Å². The zero-order valence-corrected chi connectivity index (χ0v) is 16.3. The second-order valence-corrected chi connectivity index (χ2v) is 8.32. The van der Waals surface area contributed by atoms with Crippen LogP contribution in [-0.4, -0.2) is 32.7 Å². The molecular weight excluding hydrogens is 376 g/mol. The van der Waals surface area contributed by atoms with Gasteiger partial charge in [-0.25, -0.2) is 8.42 Å². The molecule has 0 saturated heterocycles. The number of amides is 1. The van der Waals surface area contributed by atoms with E-state index in [1.54, 1.807) is 36.4 Å². The highest BCUT2D eigenvalue weighted by atomic mass is 32.2. The zero-order chi connectivity index (χ0) is 20.3. The summed E-state index contributed by atoms with van der Waals surface area (Å²) in [5, 5.41) is 13.3. The lowest BCUT2D eigenvalue weighted by Gasteiger charge is -2.22. The minimum absolute atomic E-state index is 0.0885. The third kappa shape index (κ3) is 4.15. The molecule has 0 aromatic heterocycles. The SMILES string of the molecule is CN(c1cc(O)c(-c2ccccc2)cc1NC(=O)c1ccccc1)S(C)(=O)=O. The Bertz CT molecular complexity index is 1100. The predicted octanol–water partition coefficient (Wildman–Crippen LogP) is 3.71. The van der Waals surface area contributed by atoms with Gasteiger partial charge in [-0.1, -0.05) is 48.5 Å². The van der Waals surface area contributed by atoms with Crippen LogP contribution in [0.25, 0.3) is 11.1 Å². The summed E-state index contributed by atoms with van der Waals surface area (Å²) in [4.78, 5) is 12.6. The molecule has 1 amide bonds. The molecule has 0 aliphatic rings. The van der Waals surface area contributed by atoms with E-state index in [0.717, 1.165) is 16.1 Å². The van der Waals surface area contributed by atoms with Crippen LogP contribution in [0.1, 0.15) is 10.4 Å². The molecule has 0 aliphatic heterocycles. The predicted molar refractivity (Wildman–Crippen MR) is 111 cm³/mol. The Kier molecular flexibility index (Phi) is 5.37. The van der Waals surface area contributed by atoms with Crippen LogP contribution in [0.3, 0.4) is 0 Å². The second kappa shape index (κ2) is 7.74. The fraction of sp³-hybridized carbons (Fsp3) is 0.0952. The van der Waals surface area contributed by atoms with E-state index < -0.39 is 10.0 Å². The van der Waals surface area contributed by atoms with Gasteiger partial charge in [0, 0.05) is 24.2 Å². The normalized spacial score (nSPS) is 11.1. The van der Waals surface area contributed by atoms with Gasteiger partial charge in [-0.15, -0.1) is 0 Å². The van der Waals surface area contributed by atoms with Gasteiger partial charge < -0.3 is 10.4 Å². The summed E-state index contributed by atoms with van der Waals surface area (Å²) in [5.74, 6) is -0.470. The van der Waals surface area contributed by atoms with Crippen molar-refractivity contribution in [2.45, 2.75) is 0 Å². The van der Waals surface area contributed by atoms with E-state index >= 15 is 0 Å². The van der Waals surface area contributed by atoms with Crippen LogP contribution in [0.2, 0.25) is 0 Å². The Morgan fingerprint density at radius 2 is 1.54 bits per heavy atom. The molecular formula is C21H20N2O4S. The van der Waals surface area contributed by atoms with E-state index in [2.05, 4.69) is 5.32 Å². The lowest BCUT2D eigenvalue weighted by molar-refractivity contribution is 0.102. The molecule has 28 heavy (non-hydrogen) atoms. The van der Waals surface area contributed by atoms with Crippen LogP contribution in [-0.2, 0) is 10.0 Å². The average molecular weight is 396 g/mol. The summed E-state index contributed by atoms with van der Waals surface area (Å²) in [7, 11) is -2.24. The van der Waals surface area contributed by atoms with Gasteiger partial charge in [0.25, 0.3) is 5.91 Å². The Hall–Kier alpha value is -3.32. The molecule has 0 atom stereocenters. The van der Waals surface area contributed by atoms with Gasteiger partial charge >= 0.3 is 0 Å². The first kappa shape index (κ1) is 19.4. The van der Waals surface area contributed by atoms with Gasteiger partial charge in [-0.2, -0.15) is 0 Å². The van der Waals surface area contributed by atoms with Crippen molar-refractivity contribution in [2.24, 2.45) is 0 Å². The van der Waals surface area contributed by atoms with E-state index in [-0.39, 0.29) is 23.0 Å². The number of phenols is 1. The van der Waals surface area contributed by atoms with Crippen molar-refractivity contribution in [2.75, 3.05) is 22.9 Å². The number of benzene rings is 3. The van der Waals surface area contributed by atoms with Gasteiger partial charge in [0.1, 0.15) is 5.75 Å². The molecule has 0 radical (unpaired) electrons. The number of rotatable bonds is 5. The van der Waals surface area contributed by atoms with Crippen molar-refractivity contribution >= 4 is 27.3 Å². The van der Waals surface area contributed by atoms with Crippen molar-refractivity contribution in [1.29, 1.82) is 0 Å². The Morgan fingerprint density at radius 1 is 0.964 bits per heavy atom. The molecule has 0 aliphatic carbocycles. The maximum absolute atomic E-state index is 12.6. The molecule has 2 N–H and O–H groups in total. The molecule has 7 heteroatoms. The average Bonchev–Trinajstić information content (AvgIpc) is 2.69. The summed E-state index contributed by atoms with van der Waals surface area (Å²) < 4.78 is 25.1. The number of hydrogen-bond donors (Lipinski definition) is 2. The van der Waals surface area contributed by atoms with Crippen molar-refractivity contribution in [3.63, 3.8) is 0 Å². The lowest BCUT2D eigenvalue weighted by Crippen LogP contribution is -2.26. The van der Waals surface area contributed by atoms with Crippen molar-refractivity contribution in [3.05, 3.63) is 78.4 Å². The molecule has 3 aromatic carbocycles. The van der Waals surface area contributed by atoms with Gasteiger partial charge in [0.15, 0.2) is 0 Å². The van der Waals surface area contributed by atoms with Crippen LogP contribution in [0.4, 0.5) is 11.4 Å². The number of carbonyl (C=O) groups excluding carboxylic acids is 1. The Morgan fingerprint density at radius 3 is 2.11 bits per heavy atom. The number of carbonyl (C=O) groups is 1. The molecule has 3 rings (SSSR count). The Labute approximate surface area is 164 Å². The number of aromatic hydroxyl groups is 1. The summed E-state index contributed by atoms with van der Waals surface area (Å²) in [6, 6.07) is 20.7. The minimum atomic E-state index is -3.60. The molecule has 3 aromatic rings. The molecule has 144 valence electrons. The fourth-order valence-corrected chi connectivity index (χ4v) is 3.26. The topological polar surface area (TPSA) is 86.7 Å². The molecule has 0 saturated carbocycles. The second-order valence-electron chi connectivity index (χ2n) is 6.30. The van der Waals surface area contributed by atoms with Gasteiger partial charge in [-0.05, 0) is 23.8 Å². The third-order valence-corrected chi connectivity index (χ3v) is 5.51. The van der Waals surface area contributed by atoms with Crippen LogP contribution < -0.4 is 9.62 Å². The minimum Gasteiger partial charge on any atom is -0.507 e. The fourth-order valence-electron chi connectivity index (χ4n) is 2.75. The molecule has 0 heterocycles. The van der Waals surface area contributed by atoms with E-state index in [9.17, 15) is 18.3 Å². The van der Waals surface area contributed by atoms with Crippen molar-refractivity contribution < 1.29 is 18.3 Å². The lowest BCUT2D eigenvalue weighted by atomic mass is 10.0. The third-order valence-electron chi connectivity index (χ3n) is 4.32. The molecule has 0 spiro atoms. The molecule has 6 nitrogen and oxygen atoms in total. The number of hydrogen-bond acceptors (Lipinski definition) is 4. The summed E-state index contributed by atoms with van der Waals surface area (Å²) >= 11 is 0. The monoisotopic (exact) mass is 396 g/mol.